The molecule has 3 aromatic rings. The van der Waals surface area contributed by atoms with Crippen molar-refractivity contribution in [2.45, 2.75) is 12.3 Å². The molecule has 0 N–H and O–H groups in total. The fourth-order valence-electron chi connectivity index (χ4n) is 3.84. The summed E-state index contributed by atoms with van der Waals surface area (Å²) in [6, 6.07) is 14.4. The van der Waals surface area contributed by atoms with Crippen molar-refractivity contribution in [3.8, 4) is 17.2 Å². The van der Waals surface area contributed by atoms with E-state index in [2.05, 4.69) is 4.98 Å². The molecule has 0 aliphatic carbocycles. The first kappa shape index (κ1) is 18.1. The standard InChI is InChI=1S/C24H17NO5/c1-28-16-4-2-14(3-5-16)12-20-23(27)17-6-7-19-22(24(17)30-20)18(13-21(26)29-19)15-8-10-25-11-9-15/h2-12,18H,13H2,1H3/b20-12-/t18-/m1/s1. The minimum Gasteiger partial charge on any atom is -0.497 e. The van der Waals surface area contributed by atoms with Crippen LogP contribution in [-0.2, 0) is 4.79 Å². The predicted molar refractivity (Wildman–Crippen MR) is 109 cm³/mol. The lowest BCUT2D eigenvalue weighted by atomic mass is 9.85. The number of nitrogens with zero attached hydrogens (tertiary/aromatic N) is 1. The highest BCUT2D eigenvalue weighted by Crippen LogP contribution is 2.48. The number of Topliss-reactive ketones (excluding diaryl/α,β-unsaturated/α-hetero) is 1. The highest BCUT2D eigenvalue weighted by molar-refractivity contribution is 6.15. The number of carbonyl (C=O) groups is 2. The molecule has 0 saturated heterocycles. The summed E-state index contributed by atoms with van der Waals surface area (Å²) < 4.78 is 16.7. The van der Waals surface area contributed by atoms with E-state index in [1.54, 1.807) is 37.7 Å². The Kier molecular flexibility index (Phi) is 4.32. The zero-order valence-electron chi connectivity index (χ0n) is 16.1. The Morgan fingerprint density at radius 3 is 2.50 bits per heavy atom. The van der Waals surface area contributed by atoms with Crippen LogP contribution >= 0.6 is 0 Å². The van der Waals surface area contributed by atoms with E-state index in [0.29, 0.717) is 22.6 Å². The highest BCUT2D eigenvalue weighted by atomic mass is 16.5. The second-order valence-electron chi connectivity index (χ2n) is 7.08. The molecule has 2 aliphatic rings. The SMILES string of the molecule is COc1ccc(/C=C2\Oc3c(ccc4c3[C@@H](c3ccncc3)CC(=O)O4)C2=O)cc1. The number of fused-ring (bicyclic) bond motifs is 3. The van der Waals surface area contributed by atoms with Crippen molar-refractivity contribution >= 4 is 17.8 Å². The van der Waals surface area contributed by atoms with Gasteiger partial charge in [0.25, 0.3) is 0 Å². The first-order valence-electron chi connectivity index (χ1n) is 9.50. The summed E-state index contributed by atoms with van der Waals surface area (Å²) >= 11 is 0. The molecule has 3 heterocycles. The van der Waals surface area contributed by atoms with Crippen LogP contribution < -0.4 is 14.2 Å². The molecule has 2 aliphatic heterocycles. The molecular weight excluding hydrogens is 382 g/mol. The molecule has 148 valence electrons. The quantitative estimate of drug-likeness (QED) is 0.374. The van der Waals surface area contributed by atoms with Crippen LogP contribution in [0, 0.1) is 0 Å². The largest absolute Gasteiger partial charge is 0.497 e. The molecule has 0 spiro atoms. The maximum Gasteiger partial charge on any atom is 0.312 e. The number of rotatable bonds is 3. The summed E-state index contributed by atoms with van der Waals surface area (Å²) in [6.07, 6.45) is 5.23. The zero-order valence-corrected chi connectivity index (χ0v) is 16.1. The van der Waals surface area contributed by atoms with Crippen LogP contribution in [0.4, 0.5) is 0 Å². The number of pyridine rings is 1. The van der Waals surface area contributed by atoms with Gasteiger partial charge in [-0.2, -0.15) is 0 Å². The molecule has 30 heavy (non-hydrogen) atoms. The maximum atomic E-state index is 13.0. The number of methoxy groups -OCH3 is 1. The number of allylic oxidation sites excluding steroid dienone is 1. The average molecular weight is 399 g/mol. The third kappa shape index (κ3) is 3.03. The molecule has 0 amide bonds. The van der Waals surface area contributed by atoms with Crippen molar-refractivity contribution in [1.29, 1.82) is 0 Å². The average Bonchev–Trinajstić information content (AvgIpc) is 3.09. The zero-order chi connectivity index (χ0) is 20.7. The van der Waals surface area contributed by atoms with E-state index in [9.17, 15) is 9.59 Å². The summed E-state index contributed by atoms with van der Waals surface area (Å²) in [5.74, 6) is 1.05. The van der Waals surface area contributed by atoms with Crippen LogP contribution in [-0.4, -0.2) is 23.8 Å². The van der Waals surface area contributed by atoms with E-state index in [4.69, 9.17) is 14.2 Å². The van der Waals surface area contributed by atoms with Crippen molar-refractivity contribution in [3.05, 3.63) is 88.9 Å². The smallest absolute Gasteiger partial charge is 0.312 e. The lowest BCUT2D eigenvalue weighted by Crippen LogP contribution is -2.21. The van der Waals surface area contributed by atoms with Gasteiger partial charge in [0, 0.05) is 23.9 Å². The van der Waals surface area contributed by atoms with Gasteiger partial charge in [-0.25, -0.2) is 0 Å². The summed E-state index contributed by atoms with van der Waals surface area (Å²) in [6.45, 7) is 0. The third-order valence-corrected chi connectivity index (χ3v) is 5.30. The Bertz CT molecular complexity index is 1180. The maximum absolute atomic E-state index is 13.0. The fraction of sp³-hybridized carbons (Fsp3) is 0.125. The molecule has 0 bridgehead atoms. The molecule has 0 saturated carbocycles. The molecule has 2 aromatic carbocycles. The first-order valence-corrected chi connectivity index (χ1v) is 9.50. The van der Waals surface area contributed by atoms with Crippen molar-refractivity contribution in [2.24, 2.45) is 0 Å². The van der Waals surface area contributed by atoms with Gasteiger partial charge in [-0.15, -0.1) is 0 Å². The number of hydrogen-bond acceptors (Lipinski definition) is 6. The van der Waals surface area contributed by atoms with Crippen molar-refractivity contribution in [2.75, 3.05) is 7.11 Å². The number of ketones is 1. The van der Waals surface area contributed by atoms with Gasteiger partial charge in [0.15, 0.2) is 5.76 Å². The van der Waals surface area contributed by atoms with E-state index in [1.807, 2.05) is 36.4 Å². The number of aromatic nitrogens is 1. The first-order chi connectivity index (χ1) is 14.6. The van der Waals surface area contributed by atoms with Gasteiger partial charge in [0.05, 0.1) is 19.1 Å². The van der Waals surface area contributed by atoms with Crippen LogP contribution in [0.2, 0.25) is 0 Å². The number of hydrogen-bond donors (Lipinski definition) is 0. The fourth-order valence-corrected chi connectivity index (χ4v) is 3.84. The van der Waals surface area contributed by atoms with Gasteiger partial charge < -0.3 is 14.2 Å². The number of benzene rings is 2. The molecule has 6 heteroatoms. The Balaban J connectivity index is 1.58. The molecule has 0 unspecified atom stereocenters. The number of esters is 1. The van der Waals surface area contributed by atoms with E-state index in [1.165, 1.54) is 0 Å². The van der Waals surface area contributed by atoms with Crippen LogP contribution in [0.5, 0.6) is 17.2 Å². The second kappa shape index (κ2) is 7.15. The van der Waals surface area contributed by atoms with Gasteiger partial charge in [0.1, 0.15) is 17.2 Å². The van der Waals surface area contributed by atoms with Gasteiger partial charge in [-0.3, -0.25) is 14.6 Å². The monoisotopic (exact) mass is 399 g/mol. The molecule has 1 atom stereocenters. The Labute approximate surface area is 172 Å². The van der Waals surface area contributed by atoms with E-state index >= 15 is 0 Å². The Morgan fingerprint density at radius 1 is 1.00 bits per heavy atom. The van der Waals surface area contributed by atoms with Gasteiger partial charge >= 0.3 is 5.97 Å². The minimum atomic E-state index is -0.317. The second-order valence-corrected chi connectivity index (χ2v) is 7.08. The van der Waals surface area contributed by atoms with Gasteiger partial charge in [-0.05, 0) is 53.6 Å². The lowest BCUT2D eigenvalue weighted by Gasteiger charge is -2.26. The van der Waals surface area contributed by atoms with Crippen molar-refractivity contribution in [1.82, 2.24) is 4.98 Å². The van der Waals surface area contributed by atoms with E-state index in [0.717, 1.165) is 16.9 Å². The summed E-state index contributed by atoms with van der Waals surface area (Å²) in [5, 5.41) is 0. The van der Waals surface area contributed by atoms with Gasteiger partial charge in [-0.1, -0.05) is 12.1 Å². The molecule has 0 radical (unpaired) electrons. The van der Waals surface area contributed by atoms with E-state index in [-0.39, 0.29) is 29.9 Å². The Hall–Kier alpha value is -3.93. The van der Waals surface area contributed by atoms with Crippen molar-refractivity contribution in [3.63, 3.8) is 0 Å². The normalized spacial score (nSPS) is 18.4. The Morgan fingerprint density at radius 2 is 1.77 bits per heavy atom. The van der Waals surface area contributed by atoms with Crippen molar-refractivity contribution < 1.29 is 23.8 Å². The molecular formula is C24H17NO5. The summed E-state index contributed by atoms with van der Waals surface area (Å²) in [7, 11) is 1.60. The van der Waals surface area contributed by atoms with Crippen LogP contribution in [0.1, 0.15) is 39.4 Å². The lowest BCUT2D eigenvalue weighted by molar-refractivity contribution is -0.135. The predicted octanol–water partition coefficient (Wildman–Crippen LogP) is 4.15. The topological polar surface area (TPSA) is 74.7 Å². The van der Waals surface area contributed by atoms with Gasteiger partial charge in [0.2, 0.25) is 5.78 Å². The van der Waals surface area contributed by atoms with Crippen LogP contribution in [0.3, 0.4) is 0 Å². The molecule has 1 aromatic heterocycles. The molecule has 6 nitrogen and oxygen atoms in total. The number of carbonyl (C=O) groups excluding carboxylic acids is 2. The van der Waals surface area contributed by atoms with E-state index < -0.39 is 0 Å². The molecule has 5 rings (SSSR count). The molecule has 0 fully saturated rings. The summed E-state index contributed by atoms with van der Waals surface area (Å²) in [5.41, 5.74) is 2.91. The number of ether oxygens (including phenoxy) is 3. The highest BCUT2D eigenvalue weighted by Gasteiger charge is 2.38. The summed E-state index contributed by atoms with van der Waals surface area (Å²) in [4.78, 5) is 29.2. The third-order valence-electron chi connectivity index (χ3n) is 5.30. The van der Waals surface area contributed by atoms with Crippen LogP contribution in [0.15, 0.2) is 66.7 Å². The minimum absolute atomic E-state index is 0.169. The van der Waals surface area contributed by atoms with Crippen LogP contribution in [0.25, 0.3) is 6.08 Å².